The fraction of sp³-hybridized carbons (Fsp3) is 0.214. The highest BCUT2D eigenvalue weighted by atomic mass is 32.1. The second-order valence-corrected chi connectivity index (χ2v) is 9.13. The summed E-state index contributed by atoms with van der Waals surface area (Å²) in [6.07, 6.45) is 4.70. The summed E-state index contributed by atoms with van der Waals surface area (Å²) >= 11 is 5.33. The summed E-state index contributed by atoms with van der Waals surface area (Å²) in [5.41, 5.74) is 4.87. The number of carboxylic acids is 1. The van der Waals surface area contributed by atoms with Gasteiger partial charge in [0.15, 0.2) is 5.11 Å². The number of hydrogen-bond acceptors (Lipinski definition) is 4. The van der Waals surface area contributed by atoms with E-state index in [1.54, 1.807) is 18.2 Å². The van der Waals surface area contributed by atoms with Gasteiger partial charge in [0.2, 0.25) is 0 Å². The van der Waals surface area contributed by atoms with E-state index in [2.05, 4.69) is 12.2 Å². The van der Waals surface area contributed by atoms with Gasteiger partial charge in [-0.1, -0.05) is 31.5 Å². The van der Waals surface area contributed by atoms with Gasteiger partial charge in [-0.3, -0.25) is 19.8 Å². The van der Waals surface area contributed by atoms with E-state index < -0.39 is 17.8 Å². The van der Waals surface area contributed by atoms with E-state index in [1.807, 2.05) is 54.8 Å². The minimum Gasteiger partial charge on any atom is -0.478 e. The average molecular weight is 502 g/mol. The van der Waals surface area contributed by atoms with E-state index in [0.29, 0.717) is 16.9 Å². The Morgan fingerprint density at radius 2 is 1.78 bits per heavy atom. The Kier molecular flexibility index (Phi) is 7.17. The van der Waals surface area contributed by atoms with E-state index >= 15 is 0 Å². The van der Waals surface area contributed by atoms with Gasteiger partial charge >= 0.3 is 5.97 Å². The van der Waals surface area contributed by atoms with Crippen molar-refractivity contribution in [3.8, 4) is 5.69 Å². The van der Waals surface area contributed by atoms with Gasteiger partial charge in [0.05, 0.1) is 11.3 Å². The summed E-state index contributed by atoms with van der Waals surface area (Å²) in [6.45, 7) is 5.88. The molecule has 0 spiro atoms. The number of aryl methyl sites for hydroxylation is 2. The molecule has 0 unspecified atom stereocenters. The predicted molar refractivity (Wildman–Crippen MR) is 143 cm³/mol. The van der Waals surface area contributed by atoms with Crippen molar-refractivity contribution in [2.24, 2.45) is 0 Å². The zero-order valence-corrected chi connectivity index (χ0v) is 21.2. The molecule has 2 amide bonds. The molecule has 0 bridgehead atoms. The number of thiocarbonyl (C=S) groups is 1. The lowest BCUT2D eigenvalue weighted by Crippen LogP contribution is -2.54. The third-order valence-corrected chi connectivity index (χ3v) is 6.52. The zero-order valence-electron chi connectivity index (χ0n) is 20.4. The largest absolute Gasteiger partial charge is 0.478 e. The van der Waals surface area contributed by atoms with Crippen LogP contribution in [0.15, 0.2) is 60.2 Å². The number of aromatic nitrogens is 1. The molecule has 4 rings (SSSR count). The third kappa shape index (κ3) is 4.85. The van der Waals surface area contributed by atoms with Crippen molar-refractivity contribution in [3.63, 3.8) is 0 Å². The Bertz CT molecular complexity index is 1400. The van der Waals surface area contributed by atoms with E-state index in [0.717, 1.165) is 30.7 Å². The fourth-order valence-corrected chi connectivity index (χ4v) is 4.63. The molecule has 0 radical (unpaired) electrons. The van der Waals surface area contributed by atoms with Crippen LogP contribution in [0.4, 0.5) is 5.69 Å². The Morgan fingerprint density at radius 1 is 1.06 bits per heavy atom. The van der Waals surface area contributed by atoms with E-state index in [-0.39, 0.29) is 16.2 Å². The first-order valence-electron chi connectivity index (χ1n) is 11.7. The predicted octanol–water partition coefficient (Wildman–Crippen LogP) is 4.97. The van der Waals surface area contributed by atoms with Crippen molar-refractivity contribution in [1.29, 1.82) is 0 Å². The van der Waals surface area contributed by atoms with Crippen molar-refractivity contribution in [2.45, 2.75) is 40.0 Å². The quantitative estimate of drug-likeness (QED) is 0.271. The SMILES string of the molecule is CCCCc1ccc(N2C(=O)C(=Cc3cc(C)n(-c4cccc(C(=O)O)c4)c3C)C(=O)NC2=S)cc1. The van der Waals surface area contributed by atoms with E-state index in [1.165, 1.54) is 16.5 Å². The zero-order chi connectivity index (χ0) is 26.0. The number of carbonyl (C=O) groups is 3. The maximum absolute atomic E-state index is 13.4. The number of aromatic carboxylic acids is 1. The summed E-state index contributed by atoms with van der Waals surface area (Å²) < 4.78 is 1.89. The highest BCUT2D eigenvalue weighted by molar-refractivity contribution is 7.80. The number of nitrogens with one attached hydrogen (secondary N) is 1. The summed E-state index contributed by atoms with van der Waals surface area (Å²) in [7, 11) is 0. The molecule has 2 heterocycles. The van der Waals surface area contributed by atoms with Crippen LogP contribution in [0.2, 0.25) is 0 Å². The van der Waals surface area contributed by atoms with Crippen molar-refractivity contribution in [1.82, 2.24) is 9.88 Å². The molecule has 1 aromatic heterocycles. The molecule has 1 aliphatic heterocycles. The van der Waals surface area contributed by atoms with Gasteiger partial charge in [-0.2, -0.15) is 0 Å². The number of unbranched alkanes of at least 4 members (excludes halogenated alkanes) is 1. The van der Waals surface area contributed by atoms with Crippen LogP contribution < -0.4 is 10.2 Å². The molecule has 0 atom stereocenters. The molecule has 1 saturated heterocycles. The lowest BCUT2D eigenvalue weighted by Gasteiger charge is -2.29. The van der Waals surface area contributed by atoms with Crippen LogP contribution in [0, 0.1) is 13.8 Å². The van der Waals surface area contributed by atoms with Crippen LogP contribution in [0.1, 0.15) is 52.6 Å². The summed E-state index contributed by atoms with van der Waals surface area (Å²) in [5, 5.41) is 12.0. The van der Waals surface area contributed by atoms with Crippen molar-refractivity contribution in [3.05, 3.63) is 88.2 Å². The Morgan fingerprint density at radius 3 is 2.44 bits per heavy atom. The van der Waals surface area contributed by atoms with Crippen molar-refractivity contribution < 1.29 is 19.5 Å². The van der Waals surface area contributed by atoms with Gasteiger partial charge < -0.3 is 9.67 Å². The fourth-order valence-electron chi connectivity index (χ4n) is 4.35. The Hall–Kier alpha value is -4.04. The van der Waals surface area contributed by atoms with Gasteiger partial charge in [-0.05, 0) is 92.5 Å². The van der Waals surface area contributed by atoms with Crippen LogP contribution >= 0.6 is 12.2 Å². The number of amides is 2. The number of hydrogen-bond donors (Lipinski definition) is 2. The van der Waals surface area contributed by atoms with Crippen molar-refractivity contribution in [2.75, 3.05) is 4.90 Å². The molecule has 184 valence electrons. The van der Waals surface area contributed by atoms with Gasteiger partial charge in [-0.15, -0.1) is 0 Å². The van der Waals surface area contributed by atoms with Gasteiger partial charge in [-0.25, -0.2) is 4.79 Å². The minimum atomic E-state index is -1.01. The molecule has 1 aliphatic rings. The summed E-state index contributed by atoms with van der Waals surface area (Å²) in [5.74, 6) is -2.07. The smallest absolute Gasteiger partial charge is 0.335 e. The van der Waals surface area contributed by atoms with Gasteiger partial charge in [0.1, 0.15) is 5.57 Å². The standard InChI is InChI=1S/C28H27N3O4S/c1-4-5-7-19-10-12-22(13-11-19)31-26(33)24(25(32)29-28(31)36)16-21-14-17(2)30(18(21)3)23-9-6-8-20(15-23)27(34)35/h6,8-16H,4-5,7H2,1-3H3,(H,34,35)(H,29,32,36). The first-order chi connectivity index (χ1) is 17.2. The van der Waals surface area contributed by atoms with Crippen LogP contribution in [-0.2, 0) is 16.0 Å². The monoisotopic (exact) mass is 501 g/mol. The van der Waals surface area contributed by atoms with Crippen LogP contribution in [0.5, 0.6) is 0 Å². The van der Waals surface area contributed by atoms with Crippen LogP contribution in [-0.4, -0.2) is 32.6 Å². The number of anilines is 1. The second kappa shape index (κ2) is 10.3. The molecule has 36 heavy (non-hydrogen) atoms. The highest BCUT2D eigenvalue weighted by Crippen LogP contribution is 2.27. The van der Waals surface area contributed by atoms with E-state index in [9.17, 15) is 19.5 Å². The first kappa shape index (κ1) is 25.1. The van der Waals surface area contributed by atoms with Crippen molar-refractivity contribution >= 4 is 46.9 Å². The summed E-state index contributed by atoms with van der Waals surface area (Å²) in [4.78, 5) is 39.0. The molecule has 2 N–H and O–H groups in total. The highest BCUT2D eigenvalue weighted by Gasteiger charge is 2.34. The van der Waals surface area contributed by atoms with Crippen LogP contribution in [0.25, 0.3) is 11.8 Å². The normalized spacial score (nSPS) is 14.9. The maximum Gasteiger partial charge on any atom is 0.335 e. The molecule has 0 aliphatic carbocycles. The lowest BCUT2D eigenvalue weighted by molar-refractivity contribution is -0.122. The number of carboxylic acid groups (broad SMARTS) is 1. The van der Waals surface area contributed by atoms with Crippen LogP contribution in [0.3, 0.4) is 0 Å². The Labute approximate surface area is 215 Å². The molecule has 3 aromatic rings. The number of rotatable bonds is 7. The topological polar surface area (TPSA) is 91.6 Å². The number of nitrogens with zero attached hydrogens (tertiary/aromatic N) is 2. The maximum atomic E-state index is 13.4. The molecule has 8 heteroatoms. The molecular formula is C28H27N3O4S. The average Bonchev–Trinajstić information content (AvgIpc) is 3.13. The number of benzene rings is 2. The molecular weight excluding hydrogens is 474 g/mol. The van der Waals surface area contributed by atoms with Gasteiger partial charge in [0.25, 0.3) is 11.8 Å². The minimum absolute atomic E-state index is 0.0294. The second-order valence-electron chi connectivity index (χ2n) is 8.75. The number of carbonyl (C=O) groups excluding carboxylic acids is 2. The lowest BCUT2D eigenvalue weighted by atomic mass is 10.1. The molecule has 7 nitrogen and oxygen atoms in total. The summed E-state index contributed by atoms with van der Waals surface area (Å²) in [6, 6.07) is 16.1. The van der Waals surface area contributed by atoms with E-state index in [4.69, 9.17) is 12.2 Å². The molecule has 2 aromatic carbocycles. The first-order valence-corrected chi connectivity index (χ1v) is 12.1. The Balaban J connectivity index is 1.69. The van der Waals surface area contributed by atoms with Gasteiger partial charge in [0, 0.05) is 17.1 Å². The third-order valence-electron chi connectivity index (χ3n) is 6.24. The molecule has 1 fully saturated rings. The molecule has 0 saturated carbocycles.